The van der Waals surface area contributed by atoms with E-state index in [1.165, 1.54) is 0 Å². The predicted octanol–water partition coefficient (Wildman–Crippen LogP) is 5.74. The molecule has 0 radical (unpaired) electrons. The normalized spacial score (nSPS) is 12.3. The maximum atomic E-state index is 12.8. The molecule has 0 bridgehead atoms. The molecule has 2 aromatic carbocycles. The minimum absolute atomic E-state index is 0.234. The van der Waals surface area contributed by atoms with Gasteiger partial charge in [0.1, 0.15) is 17.1 Å². The van der Waals surface area contributed by atoms with Gasteiger partial charge in [-0.1, -0.05) is 49.4 Å². The lowest BCUT2D eigenvalue weighted by molar-refractivity contribution is 0.00701. The van der Waals surface area contributed by atoms with Crippen molar-refractivity contribution in [3.8, 4) is 11.1 Å². The first kappa shape index (κ1) is 27.1. The Kier molecular flexibility index (Phi) is 8.69. The Hall–Kier alpha value is -3.45. The van der Waals surface area contributed by atoms with Gasteiger partial charge in [-0.15, -0.1) is 0 Å². The zero-order valence-electron chi connectivity index (χ0n) is 22.0. The highest BCUT2D eigenvalue weighted by molar-refractivity contribution is 5.97. The number of nitrogens with zero attached hydrogens (tertiary/aromatic N) is 2. The topological polar surface area (TPSA) is 90.6 Å². The third-order valence-electron chi connectivity index (χ3n) is 5.56. The van der Waals surface area contributed by atoms with Crippen molar-refractivity contribution in [2.24, 2.45) is 0 Å². The Bertz CT molecular complexity index is 1200. The summed E-state index contributed by atoms with van der Waals surface area (Å²) in [4.78, 5) is 30.2. The van der Waals surface area contributed by atoms with Gasteiger partial charge in [0.15, 0.2) is 5.69 Å². The number of aryl methyl sites for hydroxylation is 1. The fourth-order valence-electron chi connectivity index (χ4n) is 4.03. The highest BCUT2D eigenvalue weighted by Gasteiger charge is 2.26. The molecule has 36 heavy (non-hydrogen) atoms. The van der Waals surface area contributed by atoms with Gasteiger partial charge in [0, 0.05) is 13.0 Å². The maximum absolute atomic E-state index is 12.8. The molecule has 0 spiro atoms. The molecular weight excluding hydrogens is 456 g/mol. The number of esters is 2. The first-order chi connectivity index (χ1) is 17.1. The van der Waals surface area contributed by atoms with E-state index in [1.54, 1.807) is 19.9 Å². The van der Waals surface area contributed by atoms with Crippen molar-refractivity contribution in [1.29, 1.82) is 0 Å². The number of rotatable bonds is 9. The van der Waals surface area contributed by atoms with Gasteiger partial charge in [0.05, 0.1) is 18.3 Å². The molecule has 0 saturated heterocycles. The van der Waals surface area contributed by atoms with E-state index in [4.69, 9.17) is 9.47 Å². The molecule has 7 nitrogen and oxygen atoms in total. The van der Waals surface area contributed by atoms with E-state index in [-0.39, 0.29) is 18.3 Å². The number of carbonyl (C=O) groups excluding carboxylic acids is 2. The summed E-state index contributed by atoms with van der Waals surface area (Å²) in [5.74, 6) is -0.128. The van der Waals surface area contributed by atoms with E-state index < -0.39 is 17.7 Å². The summed E-state index contributed by atoms with van der Waals surface area (Å²) in [5, 5.41) is 10.3. The number of benzene rings is 2. The van der Waals surface area contributed by atoms with E-state index in [9.17, 15) is 14.7 Å². The number of hydrogen-bond acceptors (Lipinski definition) is 6. The average Bonchev–Trinajstić information content (AvgIpc) is 3.17. The van der Waals surface area contributed by atoms with Crippen molar-refractivity contribution >= 4 is 11.9 Å². The van der Waals surface area contributed by atoms with Crippen LogP contribution in [0, 0.1) is 0 Å². The Morgan fingerprint density at radius 1 is 1.03 bits per heavy atom. The molecule has 1 N–H and O–H groups in total. The Morgan fingerprint density at radius 2 is 1.69 bits per heavy atom. The Labute approximate surface area is 213 Å². The van der Waals surface area contributed by atoms with Crippen LogP contribution in [0.3, 0.4) is 0 Å². The molecule has 3 aromatic rings. The lowest BCUT2D eigenvalue weighted by Crippen LogP contribution is -2.24. The largest absolute Gasteiger partial charge is 0.461 e. The number of aliphatic hydroxyl groups excluding tert-OH is 1. The van der Waals surface area contributed by atoms with E-state index >= 15 is 0 Å². The molecule has 1 aromatic heterocycles. The lowest BCUT2D eigenvalue weighted by atomic mass is 9.98. The van der Waals surface area contributed by atoms with Crippen molar-refractivity contribution in [2.45, 2.75) is 72.6 Å². The Morgan fingerprint density at radius 3 is 2.28 bits per heavy atom. The second-order valence-electron chi connectivity index (χ2n) is 9.74. The number of carbonyl (C=O) groups is 2. The van der Waals surface area contributed by atoms with Gasteiger partial charge in [-0.3, -0.25) is 0 Å². The van der Waals surface area contributed by atoms with Gasteiger partial charge < -0.3 is 19.1 Å². The molecule has 1 atom stereocenters. The van der Waals surface area contributed by atoms with Crippen LogP contribution in [0.2, 0.25) is 0 Å². The van der Waals surface area contributed by atoms with Gasteiger partial charge in [-0.25, -0.2) is 14.6 Å². The molecule has 1 heterocycles. The zero-order chi connectivity index (χ0) is 26.5. The minimum Gasteiger partial charge on any atom is -0.461 e. The lowest BCUT2D eigenvalue weighted by Gasteiger charge is -2.20. The summed E-state index contributed by atoms with van der Waals surface area (Å²) in [6.45, 7) is 11.6. The zero-order valence-corrected chi connectivity index (χ0v) is 22.0. The summed E-state index contributed by atoms with van der Waals surface area (Å²) in [6.07, 6.45) is 0.618. The number of ether oxygens (including phenoxy) is 2. The molecule has 192 valence electrons. The highest BCUT2D eigenvalue weighted by atomic mass is 16.6. The second-order valence-corrected chi connectivity index (χ2v) is 9.74. The predicted molar refractivity (Wildman–Crippen MR) is 139 cm³/mol. The van der Waals surface area contributed by atoms with Crippen LogP contribution < -0.4 is 0 Å². The standard InChI is InChI=1S/C29H36N2O5/c1-7-11-24-30-25(19(3)32)26(28(34)35-8-2)31(24)18-20-14-16-21(17-15-20)22-12-9-10-13-23(22)27(33)36-29(4,5)6/h9-10,12-17,19,32H,7-8,11,18H2,1-6H3. The Balaban J connectivity index is 1.96. The molecule has 0 aliphatic rings. The minimum atomic E-state index is -0.895. The van der Waals surface area contributed by atoms with E-state index in [0.717, 1.165) is 28.9 Å². The SMILES string of the molecule is CCCc1nc(C(C)O)c(C(=O)OCC)n1Cc1ccc(-c2ccccc2C(=O)OC(C)(C)C)cc1. The summed E-state index contributed by atoms with van der Waals surface area (Å²) in [6, 6.07) is 15.2. The van der Waals surface area contributed by atoms with Crippen LogP contribution in [0.5, 0.6) is 0 Å². The van der Waals surface area contributed by atoms with Crippen LogP contribution in [0.25, 0.3) is 11.1 Å². The number of hydrogen-bond donors (Lipinski definition) is 1. The summed E-state index contributed by atoms with van der Waals surface area (Å²) in [7, 11) is 0. The molecule has 0 aliphatic heterocycles. The van der Waals surface area contributed by atoms with E-state index in [2.05, 4.69) is 4.98 Å². The smallest absolute Gasteiger partial charge is 0.357 e. The molecule has 0 amide bonds. The van der Waals surface area contributed by atoms with Gasteiger partial charge >= 0.3 is 11.9 Å². The first-order valence-electron chi connectivity index (χ1n) is 12.4. The van der Waals surface area contributed by atoms with Crippen molar-refractivity contribution in [1.82, 2.24) is 9.55 Å². The van der Waals surface area contributed by atoms with Crippen LogP contribution in [-0.4, -0.2) is 38.8 Å². The summed E-state index contributed by atoms with van der Waals surface area (Å²) >= 11 is 0. The molecule has 1 unspecified atom stereocenters. The number of aliphatic hydroxyl groups is 1. The van der Waals surface area contributed by atoms with Crippen LogP contribution >= 0.6 is 0 Å². The second kappa shape index (κ2) is 11.5. The van der Waals surface area contributed by atoms with Crippen molar-refractivity contribution in [3.05, 3.63) is 76.9 Å². The number of imidazole rings is 1. The number of aromatic nitrogens is 2. The van der Waals surface area contributed by atoms with Crippen LogP contribution in [0.15, 0.2) is 48.5 Å². The molecule has 7 heteroatoms. The van der Waals surface area contributed by atoms with Gasteiger partial charge in [0.25, 0.3) is 0 Å². The van der Waals surface area contributed by atoms with Gasteiger partial charge in [-0.2, -0.15) is 0 Å². The quantitative estimate of drug-likeness (QED) is 0.383. The van der Waals surface area contributed by atoms with Crippen molar-refractivity contribution in [3.63, 3.8) is 0 Å². The monoisotopic (exact) mass is 492 g/mol. The van der Waals surface area contributed by atoms with Gasteiger partial charge in [0.2, 0.25) is 0 Å². The van der Waals surface area contributed by atoms with E-state index in [1.807, 2.05) is 74.7 Å². The van der Waals surface area contributed by atoms with Crippen LogP contribution in [0.4, 0.5) is 0 Å². The molecule has 3 rings (SSSR count). The average molecular weight is 493 g/mol. The fraction of sp³-hybridized carbons (Fsp3) is 0.414. The maximum Gasteiger partial charge on any atom is 0.357 e. The summed E-state index contributed by atoms with van der Waals surface area (Å²) in [5.41, 5.74) is 3.16. The summed E-state index contributed by atoms with van der Waals surface area (Å²) < 4.78 is 12.7. The molecule has 0 fully saturated rings. The van der Waals surface area contributed by atoms with Gasteiger partial charge in [-0.05, 0) is 63.8 Å². The fourth-order valence-corrected chi connectivity index (χ4v) is 4.03. The molecular formula is C29H36N2O5. The van der Waals surface area contributed by atoms with Crippen LogP contribution in [-0.2, 0) is 22.4 Å². The van der Waals surface area contributed by atoms with E-state index in [0.29, 0.717) is 24.2 Å². The highest BCUT2D eigenvalue weighted by Crippen LogP contribution is 2.27. The third kappa shape index (κ3) is 6.40. The van der Waals surface area contributed by atoms with Crippen molar-refractivity contribution in [2.75, 3.05) is 6.61 Å². The molecule has 0 saturated carbocycles. The van der Waals surface area contributed by atoms with Crippen molar-refractivity contribution < 1.29 is 24.2 Å². The van der Waals surface area contributed by atoms with Crippen LogP contribution in [0.1, 0.15) is 92.0 Å². The first-order valence-corrected chi connectivity index (χ1v) is 12.4. The third-order valence-corrected chi connectivity index (χ3v) is 5.56. The molecule has 0 aliphatic carbocycles.